The molecule has 0 aliphatic heterocycles. The second kappa shape index (κ2) is 9.37. The lowest BCUT2D eigenvalue weighted by atomic mass is 10.1. The third-order valence-corrected chi connectivity index (χ3v) is 6.37. The molecule has 0 saturated carbocycles. The molecule has 0 atom stereocenters. The van der Waals surface area contributed by atoms with Crippen LogP contribution < -0.4 is 10.6 Å². The molecule has 6 N–H and O–H groups in total. The third-order valence-electron chi connectivity index (χ3n) is 4.72. The summed E-state index contributed by atoms with van der Waals surface area (Å²) in [6.45, 7) is 0. The molecule has 0 saturated heterocycles. The van der Waals surface area contributed by atoms with Crippen molar-refractivity contribution in [3.05, 3.63) is 47.2 Å². The fourth-order valence-corrected chi connectivity index (χ4v) is 4.83. The zero-order valence-corrected chi connectivity index (χ0v) is 19.0. The largest absolute Gasteiger partial charge is 0.508 e. The number of hydrogen-bond donors (Lipinski definition) is 5. The quantitative estimate of drug-likeness (QED) is 0.257. The van der Waals surface area contributed by atoms with Crippen LogP contribution in [0.3, 0.4) is 0 Å². The molecule has 2 amide bonds. The van der Waals surface area contributed by atoms with Gasteiger partial charge in [0.15, 0.2) is 10.3 Å². The first-order valence-corrected chi connectivity index (χ1v) is 11.6. The number of hydrogen-bond acceptors (Lipinski definition) is 10. The van der Waals surface area contributed by atoms with E-state index in [4.69, 9.17) is 5.73 Å². The normalized spacial score (nSPS) is 10.8. The van der Waals surface area contributed by atoms with Crippen LogP contribution in [0.1, 0.15) is 12.8 Å². The first-order valence-electron chi connectivity index (χ1n) is 9.80. The lowest BCUT2D eigenvalue weighted by molar-refractivity contribution is -0.123. The standard InChI is InChI=1S/C22H18N4O6S2/c23-19(31)5-6-20(32)26(21-24-15(9-33-21)13-3-1-11(27)7-17(13)29)22-25-16(10-34-22)14-4-2-12(28)8-18(14)30/h1-4,7-10,27-30H,5-6H2,(H2,23,31). The van der Waals surface area contributed by atoms with Gasteiger partial charge in [0.25, 0.3) is 0 Å². The minimum Gasteiger partial charge on any atom is -0.508 e. The number of phenols is 4. The first kappa shape index (κ1) is 23.0. The molecule has 0 aliphatic carbocycles. The average molecular weight is 499 g/mol. The minimum atomic E-state index is -0.629. The van der Waals surface area contributed by atoms with Crippen molar-refractivity contribution in [1.82, 2.24) is 9.97 Å². The molecule has 2 aromatic carbocycles. The van der Waals surface area contributed by atoms with Crippen molar-refractivity contribution in [1.29, 1.82) is 0 Å². The topological polar surface area (TPSA) is 170 Å². The van der Waals surface area contributed by atoms with Gasteiger partial charge < -0.3 is 26.2 Å². The summed E-state index contributed by atoms with van der Waals surface area (Å²) in [6.07, 6.45) is -0.336. The molecule has 0 radical (unpaired) electrons. The molecule has 2 heterocycles. The maximum atomic E-state index is 13.0. The summed E-state index contributed by atoms with van der Waals surface area (Å²) < 4.78 is 0. The van der Waals surface area contributed by atoms with E-state index >= 15 is 0 Å². The van der Waals surface area contributed by atoms with E-state index in [0.29, 0.717) is 22.5 Å². The van der Waals surface area contributed by atoms with E-state index in [1.54, 1.807) is 10.8 Å². The number of carbonyl (C=O) groups excluding carboxylic acids is 2. The summed E-state index contributed by atoms with van der Waals surface area (Å²) in [4.78, 5) is 34.5. The fourth-order valence-electron chi connectivity index (χ4n) is 3.09. The van der Waals surface area contributed by atoms with Crippen LogP contribution >= 0.6 is 22.7 Å². The Balaban J connectivity index is 1.72. The van der Waals surface area contributed by atoms with Crippen molar-refractivity contribution in [3.8, 4) is 45.5 Å². The number of aromatic nitrogens is 2. The lowest BCUT2D eigenvalue weighted by Crippen LogP contribution is -2.27. The van der Waals surface area contributed by atoms with Gasteiger partial charge in [-0.25, -0.2) is 14.9 Å². The Morgan fingerprint density at radius 2 is 1.26 bits per heavy atom. The Labute approximate surface area is 200 Å². The number of rotatable bonds is 7. The van der Waals surface area contributed by atoms with Gasteiger partial charge in [0, 0.05) is 46.9 Å². The van der Waals surface area contributed by atoms with Crippen LogP contribution in [0.15, 0.2) is 47.2 Å². The van der Waals surface area contributed by atoms with Gasteiger partial charge in [-0.15, -0.1) is 22.7 Å². The van der Waals surface area contributed by atoms with E-state index in [0.717, 1.165) is 22.7 Å². The maximum Gasteiger partial charge on any atom is 0.235 e. The first-order chi connectivity index (χ1) is 16.2. The molecule has 12 heteroatoms. The molecule has 0 spiro atoms. The molecule has 0 unspecified atom stereocenters. The molecule has 34 heavy (non-hydrogen) atoms. The summed E-state index contributed by atoms with van der Waals surface area (Å²) >= 11 is 2.24. The van der Waals surface area contributed by atoms with Gasteiger partial charge in [0.1, 0.15) is 23.0 Å². The van der Waals surface area contributed by atoms with E-state index in [-0.39, 0.29) is 46.1 Å². The fraction of sp³-hybridized carbons (Fsp3) is 0.0909. The van der Waals surface area contributed by atoms with E-state index < -0.39 is 11.8 Å². The Morgan fingerprint density at radius 1 is 0.794 bits per heavy atom. The van der Waals surface area contributed by atoms with Gasteiger partial charge >= 0.3 is 0 Å². The SMILES string of the molecule is NC(=O)CCC(=O)N(c1nc(-c2ccc(O)cc2O)cs1)c1nc(-c2ccc(O)cc2O)cs1. The van der Waals surface area contributed by atoms with E-state index in [9.17, 15) is 30.0 Å². The Bertz CT molecular complexity index is 1290. The van der Waals surface area contributed by atoms with Crippen molar-refractivity contribution in [2.45, 2.75) is 12.8 Å². The molecule has 4 aromatic rings. The van der Waals surface area contributed by atoms with Crippen LogP contribution in [0, 0.1) is 0 Å². The second-order valence-corrected chi connectivity index (χ2v) is 8.80. The third kappa shape index (κ3) is 4.77. The predicted octanol–water partition coefficient (Wildman–Crippen LogP) is 3.69. The van der Waals surface area contributed by atoms with E-state index in [1.165, 1.54) is 41.3 Å². The van der Waals surface area contributed by atoms with Gasteiger partial charge in [-0.05, 0) is 24.3 Å². The summed E-state index contributed by atoms with van der Waals surface area (Å²) in [7, 11) is 0. The number of thiazole rings is 2. The van der Waals surface area contributed by atoms with Crippen molar-refractivity contribution >= 4 is 44.8 Å². The summed E-state index contributed by atoms with van der Waals surface area (Å²) in [5.74, 6) is -1.66. The van der Waals surface area contributed by atoms with Gasteiger partial charge in [-0.1, -0.05) is 0 Å². The van der Waals surface area contributed by atoms with Crippen molar-refractivity contribution in [2.75, 3.05) is 4.90 Å². The number of nitrogens with two attached hydrogens (primary N) is 1. The Kier molecular flexibility index (Phi) is 6.34. The predicted molar refractivity (Wildman–Crippen MR) is 127 cm³/mol. The number of primary amides is 1. The number of amides is 2. The van der Waals surface area contributed by atoms with Crippen LogP contribution in [0.25, 0.3) is 22.5 Å². The zero-order valence-electron chi connectivity index (χ0n) is 17.4. The highest BCUT2D eigenvalue weighted by atomic mass is 32.1. The van der Waals surface area contributed by atoms with Crippen LogP contribution in [0.5, 0.6) is 23.0 Å². The summed E-state index contributed by atoms with van der Waals surface area (Å²) in [5.41, 5.74) is 6.67. The molecular weight excluding hydrogens is 480 g/mol. The Hall–Kier alpha value is -4.16. The molecule has 4 rings (SSSR count). The van der Waals surface area contributed by atoms with Crippen LogP contribution in [-0.2, 0) is 9.59 Å². The number of aromatic hydroxyl groups is 4. The Morgan fingerprint density at radius 3 is 1.68 bits per heavy atom. The maximum absolute atomic E-state index is 13.0. The van der Waals surface area contributed by atoms with Crippen molar-refractivity contribution < 1.29 is 30.0 Å². The van der Waals surface area contributed by atoms with Crippen LogP contribution in [-0.4, -0.2) is 42.2 Å². The average Bonchev–Trinajstić information content (AvgIpc) is 3.43. The minimum absolute atomic E-state index is 0.104. The number of benzene rings is 2. The summed E-state index contributed by atoms with van der Waals surface area (Å²) in [6, 6.07) is 8.17. The van der Waals surface area contributed by atoms with Crippen LogP contribution in [0.2, 0.25) is 0 Å². The smallest absolute Gasteiger partial charge is 0.235 e. The molecule has 10 nitrogen and oxygen atoms in total. The van der Waals surface area contributed by atoms with Crippen molar-refractivity contribution in [3.63, 3.8) is 0 Å². The molecule has 0 bridgehead atoms. The molecular formula is C22H18N4O6S2. The second-order valence-electron chi connectivity index (χ2n) is 7.13. The van der Waals surface area contributed by atoms with E-state index in [2.05, 4.69) is 9.97 Å². The van der Waals surface area contributed by atoms with Gasteiger partial charge in [-0.2, -0.15) is 0 Å². The summed E-state index contributed by atoms with van der Waals surface area (Å²) in [5, 5.41) is 43.1. The molecule has 0 fully saturated rings. The van der Waals surface area contributed by atoms with Crippen LogP contribution in [0.4, 0.5) is 10.3 Å². The monoisotopic (exact) mass is 498 g/mol. The van der Waals surface area contributed by atoms with Gasteiger partial charge in [0.05, 0.1) is 11.4 Å². The molecule has 0 aliphatic rings. The number of carbonyl (C=O) groups is 2. The highest BCUT2D eigenvalue weighted by molar-refractivity contribution is 7.16. The lowest BCUT2D eigenvalue weighted by Gasteiger charge is -2.16. The van der Waals surface area contributed by atoms with Crippen molar-refractivity contribution in [2.24, 2.45) is 5.73 Å². The zero-order chi connectivity index (χ0) is 24.4. The number of nitrogens with zero attached hydrogens (tertiary/aromatic N) is 3. The number of phenolic OH excluding ortho intramolecular Hbond substituents is 4. The van der Waals surface area contributed by atoms with E-state index in [1.807, 2.05) is 0 Å². The highest BCUT2D eigenvalue weighted by Crippen LogP contribution is 2.40. The molecule has 174 valence electrons. The molecule has 2 aromatic heterocycles. The van der Waals surface area contributed by atoms with Gasteiger partial charge in [-0.3, -0.25) is 9.59 Å². The number of anilines is 2. The van der Waals surface area contributed by atoms with Gasteiger partial charge in [0.2, 0.25) is 11.8 Å². The highest BCUT2D eigenvalue weighted by Gasteiger charge is 2.26.